The van der Waals surface area contributed by atoms with Gasteiger partial charge in [0.05, 0.1) is 13.2 Å². The molecule has 0 saturated carbocycles. The van der Waals surface area contributed by atoms with Crippen molar-refractivity contribution >= 4 is 0 Å². The van der Waals surface area contributed by atoms with Crippen molar-refractivity contribution < 1.29 is 9.84 Å². The Hall–Kier alpha value is -0.160. The van der Waals surface area contributed by atoms with Gasteiger partial charge in [-0.25, -0.2) is 0 Å². The first-order valence-corrected chi connectivity index (χ1v) is 6.18. The molecule has 0 aromatic heterocycles. The Labute approximate surface area is 98.8 Å². The fourth-order valence-corrected chi connectivity index (χ4v) is 2.27. The van der Waals surface area contributed by atoms with Crippen LogP contribution in [-0.2, 0) is 4.74 Å². The predicted molar refractivity (Wildman–Crippen MR) is 65.3 cm³/mol. The Bertz CT molecular complexity index is 197. The molecule has 2 unspecified atom stereocenters. The number of aliphatic hydroxyl groups is 1. The van der Waals surface area contributed by atoms with Gasteiger partial charge in [0, 0.05) is 19.2 Å². The van der Waals surface area contributed by atoms with E-state index in [-0.39, 0.29) is 6.61 Å². The summed E-state index contributed by atoms with van der Waals surface area (Å²) in [5.74, 6) is 0.701. The van der Waals surface area contributed by atoms with Crippen LogP contribution in [0.1, 0.15) is 26.2 Å². The Morgan fingerprint density at radius 2 is 2.31 bits per heavy atom. The van der Waals surface area contributed by atoms with E-state index in [9.17, 15) is 0 Å². The molecule has 3 N–H and O–H groups in total. The van der Waals surface area contributed by atoms with Gasteiger partial charge in [0.2, 0.25) is 0 Å². The van der Waals surface area contributed by atoms with Crippen molar-refractivity contribution in [1.82, 2.24) is 4.90 Å². The molecule has 1 fully saturated rings. The Morgan fingerprint density at radius 3 is 2.94 bits per heavy atom. The average molecular weight is 230 g/mol. The van der Waals surface area contributed by atoms with E-state index in [1.807, 2.05) is 6.92 Å². The second-order valence-corrected chi connectivity index (χ2v) is 5.33. The molecule has 0 spiro atoms. The first kappa shape index (κ1) is 13.9. The smallest absolute Gasteiger partial charge is 0.0608 e. The minimum Gasteiger partial charge on any atom is -0.394 e. The third-order valence-corrected chi connectivity index (χ3v) is 3.36. The minimum absolute atomic E-state index is 0.0687. The molecule has 1 saturated heterocycles. The summed E-state index contributed by atoms with van der Waals surface area (Å²) in [5.41, 5.74) is 5.48. The van der Waals surface area contributed by atoms with Crippen molar-refractivity contribution in [3.8, 4) is 0 Å². The lowest BCUT2D eigenvalue weighted by atomic mass is 9.98. The topological polar surface area (TPSA) is 58.7 Å². The zero-order valence-electron chi connectivity index (χ0n) is 10.6. The highest BCUT2D eigenvalue weighted by molar-refractivity contribution is 4.79. The van der Waals surface area contributed by atoms with Crippen LogP contribution in [0.2, 0.25) is 0 Å². The molecule has 0 aliphatic carbocycles. The van der Waals surface area contributed by atoms with E-state index < -0.39 is 5.54 Å². The average Bonchev–Trinajstić information content (AvgIpc) is 2.66. The third kappa shape index (κ3) is 4.78. The number of nitrogens with zero attached hydrogens (tertiary/aromatic N) is 1. The summed E-state index contributed by atoms with van der Waals surface area (Å²) in [7, 11) is 1.77. The van der Waals surface area contributed by atoms with Crippen LogP contribution >= 0.6 is 0 Å². The number of likely N-dealkylation sites (tertiary alicyclic amines) is 1. The molecule has 2 atom stereocenters. The van der Waals surface area contributed by atoms with Crippen LogP contribution in [0.5, 0.6) is 0 Å². The summed E-state index contributed by atoms with van der Waals surface area (Å²) >= 11 is 0. The van der Waals surface area contributed by atoms with E-state index in [1.54, 1.807) is 7.11 Å². The van der Waals surface area contributed by atoms with Crippen LogP contribution in [0.3, 0.4) is 0 Å². The Morgan fingerprint density at radius 1 is 1.56 bits per heavy atom. The zero-order valence-corrected chi connectivity index (χ0v) is 10.6. The summed E-state index contributed by atoms with van der Waals surface area (Å²) < 4.78 is 5.17. The highest BCUT2D eigenvalue weighted by Gasteiger charge is 2.23. The fraction of sp³-hybridized carbons (Fsp3) is 1.00. The Balaban J connectivity index is 2.11. The van der Waals surface area contributed by atoms with Crippen LogP contribution in [-0.4, -0.2) is 55.5 Å². The van der Waals surface area contributed by atoms with Crippen molar-refractivity contribution in [1.29, 1.82) is 0 Å². The van der Waals surface area contributed by atoms with Crippen molar-refractivity contribution in [3.63, 3.8) is 0 Å². The summed E-state index contributed by atoms with van der Waals surface area (Å²) in [6.45, 7) is 6.27. The summed E-state index contributed by atoms with van der Waals surface area (Å²) in [6.07, 6.45) is 3.19. The van der Waals surface area contributed by atoms with Gasteiger partial charge in [0.1, 0.15) is 0 Å². The number of rotatable bonds is 7. The predicted octanol–water partition coefficient (Wildman–Crippen LogP) is 0.445. The normalized spacial score (nSPS) is 25.9. The van der Waals surface area contributed by atoms with E-state index in [1.165, 1.54) is 13.0 Å². The molecule has 4 heteroatoms. The number of ether oxygens (including phenoxy) is 1. The summed E-state index contributed by atoms with van der Waals surface area (Å²) in [5, 5.41) is 9.04. The third-order valence-electron chi connectivity index (χ3n) is 3.36. The highest BCUT2D eigenvalue weighted by atomic mass is 16.5. The largest absolute Gasteiger partial charge is 0.394 e. The van der Waals surface area contributed by atoms with Gasteiger partial charge in [-0.1, -0.05) is 0 Å². The lowest BCUT2D eigenvalue weighted by molar-refractivity contribution is 0.152. The molecule has 0 radical (unpaired) electrons. The van der Waals surface area contributed by atoms with Crippen LogP contribution in [0, 0.1) is 5.92 Å². The van der Waals surface area contributed by atoms with Gasteiger partial charge in [-0.3, -0.25) is 0 Å². The zero-order chi connectivity index (χ0) is 12.0. The van der Waals surface area contributed by atoms with E-state index >= 15 is 0 Å². The maximum absolute atomic E-state index is 9.04. The molecule has 1 rings (SSSR count). The highest BCUT2D eigenvalue weighted by Crippen LogP contribution is 2.17. The van der Waals surface area contributed by atoms with Gasteiger partial charge in [0.15, 0.2) is 0 Å². The minimum atomic E-state index is -0.411. The van der Waals surface area contributed by atoms with Gasteiger partial charge in [-0.15, -0.1) is 0 Å². The van der Waals surface area contributed by atoms with Crippen LogP contribution in [0.4, 0.5) is 0 Å². The fourth-order valence-electron chi connectivity index (χ4n) is 2.27. The van der Waals surface area contributed by atoms with Gasteiger partial charge >= 0.3 is 0 Å². The quantitative estimate of drug-likeness (QED) is 0.666. The molecule has 0 amide bonds. The molecule has 1 aliphatic rings. The number of aliphatic hydroxyl groups excluding tert-OH is 1. The Kier molecular flexibility index (Phi) is 5.69. The van der Waals surface area contributed by atoms with Crippen LogP contribution < -0.4 is 5.73 Å². The SMILES string of the molecule is COCC1CCN(CCCC(C)(N)CO)C1. The van der Waals surface area contributed by atoms with Crippen molar-refractivity contribution in [2.24, 2.45) is 11.7 Å². The molecular formula is C12H26N2O2. The summed E-state index contributed by atoms with van der Waals surface area (Å²) in [6, 6.07) is 0. The molecule has 1 heterocycles. The second-order valence-electron chi connectivity index (χ2n) is 5.33. The number of nitrogens with two attached hydrogens (primary N) is 1. The second kappa shape index (κ2) is 6.55. The molecule has 4 nitrogen and oxygen atoms in total. The van der Waals surface area contributed by atoms with Gasteiger partial charge < -0.3 is 20.5 Å². The van der Waals surface area contributed by atoms with Crippen molar-refractivity contribution in [3.05, 3.63) is 0 Å². The molecule has 96 valence electrons. The first-order valence-electron chi connectivity index (χ1n) is 6.18. The lowest BCUT2D eigenvalue weighted by Gasteiger charge is -2.23. The lowest BCUT2D eigenvalue weighted by Crippen LogP contribution is -2.40. The summed E-state index contributed by atoms with van der Waals surface area (Å²) in [4.78, 5) is 2.47. The molecule has 0 aromatic rings. The van der Waals surface area contributed by atoms with E-state index in [4.69, 9.17) is 15.6 Å². The van der Waals surface area contributed by atoms with E-state index in [0.29, 0.717) is 5.92 Å². The molecule has 16 heavy (non-hydrogen) atoms. The first-order chi connectivity index (χ1) is 7.57. The van der Waals surface area contributed by atoms with Crippen molar-refractivity contribution in [2.45, 2.75) is 31.7 Å². The van der Waals surface area contributed by atoms with Gasteiger partial charge in [-0.2, -0.15) is 0 Å². The monoisotopic (exact) mass is 230 g/mol. The van der Waals surface area contributed by atoms with Crippen LogP contribution in [0.25, 0.3) is 0 Å². The molecule has 1 aliphatic heterocycles. The number of hydrogen-bond acceptors (Lipinski definition) is 4. The number of hydrogen-bond donors (Lipinski definition) is 2. The van der Waals surface area contributed by atoms with Gasteiger partial charge in [-0.05, 0) is 45.2 Å². The maximum Gasteiger partial charge on any atom is 0.0608 e. The van der Waals surface area contributed by atoms with Crippen molar-refractivity contribution in [2.75, 3.05) is 40.0 Å². The van der Waals surface area contributed by atoms with Gasteiger partial charge in [0.25, 0.3) is 0 Å². The van der Waals surface area contributed by atoms with E-state index in [2.05, 4.69) is 4.90 Å². The molecule has 0 aromatic carbocycles. The maximum atomic E-state index is 9.04. The standard InChI is InChI=1S/C12H26N2O2/c1-12(13,10-15)5-3-6-14-7-4-11(8-14)9-16-2/h11,15H,3-10,13H2,1-2H3. The number of methoxy groups -OCH3 is 1. The molecular weight excluding hydrogens is 204 g/mol. The van der Waals surface area contributed by atoms with E-state index in [0.717, 1.165) is 32.5 Å². The molecule has 0 bridgehead atoms. The van der Waals surface area contributed by atoms with Crippen LogP contribution in [0.15, 0.2) is 0 Å².